The average Bonchev–Trinajstić information content (AvgIpc) is 3.17. The maximum atomic E-state index is 12.6. The molecular weight excluding hydrogens is 669 g/mol. The van der Waals surface area contributed by atoms with Crippen LogP contribution in [0.2, 0.25) is 0 Å². The number of carbonyl (C=O) groups is 2. The molecule has 320 valence electrons. The summed E-state index contributed by atoms with van der Waals surface area (Å²) in [6.07, 6.45) is 50.8. The van der Waals surface area contributed by atoms with Crippen LogP contribution < -0.4 is 0 Å². The molecule has 0 fully saturated rings. The Hall–Kier alpha value is -1.36. The highest BCUT2D eigenvalue weighted by atomic mass is 16.6. The molecule has 0 heterocycles. The van der Waals surface area contributed by atoms with Crippen molar-refractivity contribution in [3.8, 4) is 0 Å². The number of hydrogen-bond acceptors (Lipinski definition) is 5. The summed E-state index contributed by atoms with van der Waals surface area (Å²) in [5.41, 5.74) is 0. The monoisotopic (exact) mass is 763 g/mol. The van der Waals surface area contributed by atoms with Crippen molar-refractivity contribution >= 4 is 11.9 Å². The van der Waals surface area contributed by atoms with Gasteiger partial charge in [-0.15, -0.1) is 0 Å². The number of allylic oxidation sites excluding steroid dienone is 2. The molecule has 5 nitrogen and oxygen atoms in total. The second kappa shape index (κ2) is 46.0. The van der Waals surface area contributed by atoms with Gasteiger partial charge in [-0.05, 0) is 44.9 Å². The van der Waals surface area contributed by atoms with Gasteiger partial charge in [-0.2, -0.15) is 0 Å². The van der Waals surface area contributed by atoms with Crippen molar-refractivity contribution in [2.24, 2.45) is 0 Å². The van der Waals surface area contributed by atoms with E-state index >= 15 is 0 Å². The highest BCUT2D eigenvalue weighted by Crippen LogP contribution is 2.15. The minimum absolute atomic E-state index is 0.0910. The van der Waals surface area contributed by atoms with Crippen LogP contribution >= 0.6 is 0 Å². The average molecular weight is 763 g/mol. The van der Waals surface area contributed by atoms with Gasteiger partial charge in [0.1, 0.15) is 6.61 Å². The minimum atomic E-state index is -0.525. The largest absolute Gasteiger partial charge is 0.462 e. The fraction of sp³-hybridized carbons (Fsp3) is 0.918. The zero-order chi connectivity index (χ0) is 39.3. The van der Waals surface area contributed by atoms with Crippen molar-refractivity contribution in [3.05, 3.63) is 12.2 Å². The number of carbonyl (C=O) groups excluding carboxylic acids is 2. The molecule has 0 aromatic heterocycles. The summed E-state index contributed by atoms with van der Waals surface area (Å²) in [4.78, 5) is 25.2. The molecule has 0 aromatic rings. The highest BCUT2D eigenvalue weighted by molar-refractivity contribution is 5.70. The predicted octanol–water partition coefficient (Wildman–Crippen LogP) is 15.9. The maximum absolute atomic E-state index is 12.6. The topological polar surface area (TPSA) is 61.8 Å². The van der Waals surface area contributed by atoms with E-state index in [2.05, 4.69) is 32.9 Å². The molecule has 0 radical (unpaired) electrons. The van der Waals surface area contributed by atoms with Crippen LogP contribution in [0, 0.1) is 0 Å². The molecule has 0 spiro atoms. The lowest BCUT2D eigenvalue weighted by Gasteiger charge is -2.18. The van der Waals surface area contributed by atoms with E-state index in [0.717, 1.165) is 32.1 Å². The van der Waals surface area contributed by atoms with Gasteiger partial charge in [0.15, 0.2) is 6.10 Å². The lowest BCUT2D eigenvalue weighted by atomic mass is 10.0. The van der Waals surface area contributed by atoms with Gasteiger partial charge in [-0.3, -0.25) is 9.59 Å². The third-order valence-corrected chi connectivity index (χ3v) is 10.8. The predicted molar refractivity (Wildman–Crippen MR) is 233 cm³/mol. The number of hydrogen-bond donors (Lipinski definition) is 0. The zero-order valence-electron chi connectivity index (χ0n) is 36.8. The van der Waals surface area contributed by atoms with Gasteiger partial charge in [-0.1, -0.05) is 219 Å². The van der Waals surface area contributed by atoms with Crippen LogP contribution in [0.4, 0.5) is 0 Å². The zero-order valence-corrected chi connectivity index (χ0v) is 36.8. The molecule has 0 rings (SSSR count). The van der Waals surface area contributed by atoms with E-state index in [-0.39, 0.29) is 18.5 Å². The van der Waals surface area contributed by atoms with Crippen LogP contribution in [0.25, 0.3) is 0 Å². The first kappa shape index (κ1) is 52.6. The molecule has 0 aliphatic heterocycles. The van der Waals surface area contributed by atoms with Crippen molar-refractivity contribution < 1.29 is 23.8 Å². The molecule has 5 heteroatoms. The van der Waals surface area contributed by atoms with Crippen molar-refractivity contribution in [3.63, 3.8) is 0 Å². The van der Waals surface area contributed by atoms with Crippen LogP contribution in [0.5, 0.6) is 0 Å². The number of esters is 2. The smallest absolute Gasteiger partial charge is 0.306 e. The van der Waals surface area contributed by atoms with Gasteiger partial charge in [0.25, 0.3) is 0 Å². The maximum Gasteiger partial charge on any atom is 0.306 e. The molecule has 0 saturated heterocycles. The number of rotatable bonds is 45. The molecule has 0 saturated carbocycles. The lowest BCUT2D eigenvalue weighted by Crippen LogP contribution is -2.30. The Labute approximate surface area is 337 Å². The molecule has 1 atom stereocenters. The van der Waals surface area contributed by atoms with Gasteiger partial charge in [0.2, 0.25) is 0 Å². The highest BCUT2D eigenvalue weighted by Gasteiger charge is 2.17. The summed E-state index contributed by atoms with van der Waals surface area (Å²) in [6.45, 7) is 7.83. The summed E-state index contributed by atoms with van der Waals surface area (Å²) >= 11 is 0. The SMILES string of the molecule is CCCCCCCC/C=C\CCCCCCCCCC(=O)OCC(COCCCCCCCCCCCCCCCC)OC(=O)CCCCCCCCC. The molecule has 1 unspecified atom stereocenters. The Balaban J connectivity index is 4.09. The summed E-state index contributed by atoms with van der Waals surface area (Å²) in [5.74, 6) is -0.392. The second-order valence-corrected chi connectivity index (χ2v) is 16.4. The van der Waals surface area contributed by atoms with Crippen molar-refractivity contribution in [1.82, 2.24) is 0 Å². The number of unbranched alkanes of at least 4 members (excludes halogenated alkanes) is 32. The van der Waals surface area contributed by atoms with Crippen LogP contribution in [-0.2, 0) is 23.8 Å². The third-order valence-electron chi connectivity index (χ3n) is 10.8. The van der Waals surface area contributed by atoms with E-state index in [1.807, 2.05) is 0 Å². The van der Waals surface area contributed by atoms with Crippen LogP contribution in [-0.4, -0.2) is 37.9 Å². The van der Waals surface area contributed by atoms with E-state index in [1.165, 1.54) is 199 Å². The molecular formula is C49H94O5. The summed E-state index contributed by atoms with van der Waals surface area (Å²) < 4.78 is 17.3. The van der Waals surface area contributed by atoms with Crippen LogP contribution in [0.1, 0.15) is 265 Å². The van der Waals surface area contributed by atoms with E-state index in [0.29, 0.717) is 26.1 Å². The van der Waals surface area contributed by atoms with Gasteiger partial charge in [0, 0.05) is 19.4 Å². The Bertz CT molecular complexity index is 780. The molecule has 0 N–H and O–H groups in total. The normalized spacial score (nSPS) is 12.1. The van der Waals surface area contributed by atoms with E-state index in [4.69, 9.17) is 14.2 Å². The Morgan fingerprint density at radius 2 is 0.722 bits per heavy atom. The van der Waals surface area contributed by atoms with Crippen LogP contribution in [0.15, 0.2) is 12.2 Å². The third kappa shape index (κ3) is 43.4. The first-order valence-electron chi connectivity index (χ1n) is 24.2. The summed E-state index contributed by atoms with van der Waals surface area (Å²) in [5, 5.41) is 0. The molecule has 0 aromatic carbocycles. The van der Waals surface area contributed by atoms with E-state index in [1.54, 1.807) is 0 Å². The van der Waals surface area contributed by atoms with Crippen molar-refractivity contribution in [2.75, 3.05) is 19.8 Å². The fourth-order valence-electron chi connectivity index (χ4n) is 7.15. The molecule has 0 aliphatic rings. The molecule has 54 heavy (non-hydrogen) atoms. The summed E-state index contributed by atoms with van der Waals surface area (Å²) in [6, 6.07) is 0. The Kier molecular flexibility index (Phi) is 44.9. The van der Waals surface area contributed by atoms with Gasteiger partial charge in [-0.25, -0.2) is 0 Å². The van der Waals surface area contributed by atoms with E-state index < -0.39 is 6.10 Å². The minimum Gasteiger partial charge on any atom is -0.462 e. The lowest BCUT2D eigenvalue weighted by molar-refractivity contribution is -0.163. The second-order valence-electron chi connectivity index (χ2n) is 16.4. The van der Waals surface area contributed by atoms with Crippen molar-refractivity contribution in [2.45, 2.75) is 271 Å². The van der Waals surface area contributed by atoms with E-state index in [9.17, 15) is 9.59 Å². The Morgan fingerprint density at radius 1 is 0.389 bits per heavy atom. The first-order valence-corrected chi connectivity index (χ1v) is 24.2. The molecule has 0 bridgehead atoms. The summed E-state index contributed by atoms with van der Waals surface area (Å²) in [7, 11) is 0. The van der Waals surface area contributed by atoms with Gasteiger partial charge >= 0.3 is 11.9 Å². The standard InChI is InChI=1S/C49H94O5/c1-4-7-10-13-16-18-20-22-24-25-26-27-29-31-34-36-39-42-48(50)53-46-47(54-49(51)43-40-37-33-15-12-9-6-3)45-52-44-41-38-35-32-30-28-23-21-19-17-14-11-8-5-2/h22,24,47H,4-21,23,25-46H2,1-3H3/b24-22-. The van der Waals surface area contributed by atoms with Gasteiger partial charge in [0.05, 0.1) is 6.61 Å². The van der Waals surface area contributed by atoms with Gasteiger partial charge < -0.3 is 14.2 Å². The molecule has 0 aliphatic carbocycles. The Morgan fingerprint density at radius 3 is 1.13 bits per heavy atom. The number of ether oxygens (including phenoxy) is 3. The molecule has 0 amide bonds. The van der Waals surface area contributed by atoms with Crippen molar-refractivity contribution in [1.29, 1.82) is 0 Å². The first-order chi connectivity index (χ1) is 26.6. The van der Waals surface area contributed by atoms with Crippen LogP contribution in [0.3, 0.4) is 0 Å². The quantitative estimate of drug-likeness (QED) is 0.0351. The fourth-order valence-corrected chi connectivity index (χ4v) is 7.15.